The minimum atomic E-state index is -1.54. The number of carbonyl (C=O) groups is 1. The molecule has 0 aromatic heterocycles. The van der Waals surface area contributed by atoms with E-state index in [9.17, 15) is 25.2 Å². The van der Waals surface area contributed by atoms with Gasteiger partial charge in [-0.3, -0.25) is 4.79 Å². The van der Waals surface area contributed by atoms with Crippen molar-refractivity contribution in [2.45, 2.75) is 250 Å². The van der Waals surface area contributed by atoms with E-state index in [1.165, 1.54) is 128 Å². The maximum absolute atomic E-state index is 12.7. The van der Waals surface area contributed by atoms with Crippen molar-refractivity contribution in [1.29, 1.82) is 0 Å². The molecule has 1 aliphatic heterocycles. The van der Waals surface area contributed by atoms with Crippen LogP contribution in [-0.4, -0.2) is 89.6 Å². The third-order valence-corrected chi connectivity index (χ3v) is 11.3. The molecule has 0 aliphatic carbocycles. The second-order valence-electron chi connectivity index (χ2n) is 16.9. The molecule has 1 aliphatic rings. The predicted molar refractivity (Wildman–Crippen MR) is 242 cm³/mol. The van der Waals surface area contributed by atoms with Gasteiger partial charge in [0.25, 0.3) is 0 Å². The van der Waals surface area contributed by atoms with Crippen LogP contribution < -0.4 is 0 Å². The third-order valence-electron chi connectivity index (χ3n) is 11.3. The van der Waals surface area contributed by atoms with Gasteiger partial charge in [-0.25, -0.2) is 0 Å². The Kier molecular flexibility index (Phi) is 39.2. The summed E-state index contributed by atoms with van der Waals surface area (Å²) >= 11 is 0. The Bertz CT molecular complexity index is 999. The van der Waals surface area contributed by atoms with E-state index < -0.39 is 43.4 Å². The number of allylic oxidation sites excluding steroid dienone is 6. The van der Waals surface area contributed by atoms with Crippen LogP contribution in [0, 0.1) is 0 Å². The summed E-state index contributed by atoms with van der Waals surface area (Å²) in [5.41, 5.74) is 0. The molecule has 1 saturated heterocycles. The summed E-state index contributed by atoms with van der Waals surface area (Å²) in [5.74, 6) is -0.324. The molecule has 0 saturated carbocycles. The Hall–Kier alpha value is -1.59. The average Bonchev–Trinajstić information content (AvgIpc) is 3.24. The number of aliphatic hydroxyl groups excluding tert-OH is 4. The fraction of sp³-hybridized carbons (Fsp3) is 0.860. The van der Waals surface area contributed by atoms with Crippen LogP contribution in [0.15, 0.2) is 36.5 Å². The molecule has 9 heteroatoms. The number of aliphatic hydroxyl groups is 4. The zero-order valence-corrected chi connectivity index (χ0v) is 38.0. The van der Waals surface area contributed by atoms with Crippen LogP contribution in [0.2, 0.25) is 0 Å². The summed E-state index contributed by atoms with van der Waals surface area (Å²) < 4.78 is 22.8. The second kappa shape index (κ2) is 41.7. The highest BCUT2D eigenvalue weighted by Gasteiger charge is 2.44. The van der Waals surface area contributed by atoms with Crippen molar-refractivity contribution in [3.63, 3.8) is 0 Å². The van der Waals surface area contributed by atoms with E-state index in [4.69, 9.17) is 18.9 Å². The van der Waals surface area contributed by atoms with Crippen LogP contribution in [-0.2, 0) is 23.7 Å². The lowest BCUT2D eigenvalue weighted by molar-refractivity contribution is -0.305. The minimum Gasteiger partial charge on any atom is -0.457 e. The van der Waals surface area contributed by atoms with Crippen molar-refractivity contribution in [2.75, 3.05) is 26.4 Å². The van der Waals surface area contributed by atoms with Gasteiger partial charge in [0.1, 0.15) is 30.5 Å². The van der Waals surface area contributed by atoms with Crippen molar-refractivity contribution in [1.82, 2.24) is 0 Å². The fourth-order valence-corrected chi connectivity index (χ4v) is 7.41. The van der Waals surface area contributed by atoms with Crippen LogP contribution in [0.3, 0.4) is 0 Å². The summed E-state index contributed by atoms with van der Waals surface area (Å²) in [6, 6.07) is 0. The van der Waals surface area contributed by atoms with Crippen molar-refractivity contribution < 1.29 is 44.2 Å². The van der Waals surface area contributed by atoms with Gasteiger partial charge in [-0.05, 0) is 64.2 Å². The molecule has 0 aromatic carbocycles. The zero-order valence-electron chi connectivity index (χ0n) is 38.0. The maximum Gasteiger partial charge on any atom is 0.306 e. The molecule has 4 N–H and O–H groups in total. The number of carbonyl (C=O) groups excluding carboxylic acids is 1. The van der Waals surface area contributed by atoms with Crippen molar-refractivity contribution in [3.8, 4) is 0 Å². The van der Waals surface area contributed by atoms with E-state index in [0.29, 0.717) is 13.0 Å². The van der Waals surface area contributed by atoms with Gasteiger partial charge in [-0.2, -0.15) is 0 Å². The smallest absolute Gasteiger partial charge is 0.306 e. The van der Waals surface area contributed by atoms with Gasteiger partial charge in [-0.15, -0.1) is 0 Å². The Labute approximate surface area is 361 Å². The fourth-order valence-electron chi connectivity index (χ4n) is 7.41. The number of esters is 1. The maximum atomic E-state index is 12.7. The quantitative estimate of drug-likeness (QED) is 0.0269. The molecule has 6 unspecified atom stereocenters. The molecule has 0 spiro atoms. The normalized spacial score (nSPS) is 20.4. The van der Waals surface area contributed by atoms with Crippen molar-refractivity contribution >= 4 is 5.97 Å². The largest absolute Gasteiger partial charge is 0.457 e. The summed E-state index contributed by atoms with van der Waals surface area (Å²) in [5, 5.41) is 40.1. The molecular formula is C50H92O9. The third kappa shape index (κ3) is 32.7. The van der Waals surface area contributed by atoms with E-state index in [-0.39, 0.29) is 19.2 Å². The lowest BCUT2D eigenvalue weighted by atomic mass is 9.99. The molecule has 1 rings (SSSR count). The monoisotopic (exact) mass is 837 g/mol. The van der Waals surface area contributed by atoms with Crippen LogP contribution in [0.25, 0.3) is 0 Å². The van der Waals surface area contributed by atoms with E-state index in [1.54, 1.807) is 0 Å². The molecule has 6 atom stereocenters. The lowest BCUT2D eigenvalue weighted by Crippen LogP contribution is -2.59. The molecule has 346 valence electrons. The molecule has 0 radical (unpaired) electrons. The van der Waals surface area contributed by atoms with Gasteiger partial charge in [0.05, 0.1) is 19.8 Å². The van der Waals surface area contributed by atoms with Crippen molar-refractivity contribution in [2.24, 2.45) is 0 Å². The average molecular weight is 837 g/mol. The molecule has 9 nitrogen and oxygen atoms in total. The van der Waals surface area contributed by atoms with E-state index in [2.05, 4.69) is 50.3 Å². The Morgan fingerprint density at radius 3 is 1.54 bits per heavy atom. The van der Waals surface area contributed by atoms with Crippen LogP contribution >= 0.6 is 0 Å². The van der Waals surface area contributed by atoms with Gasteiger partial charge >= 0.3 is 5.97 Å². The Morgan fingerprint density at radius 1 is 0.542 bits per heavy atom. The molecule has 0 amide bonds. The molecular weight excluding hydrogens is 745 g/mol. The second-order valence-corrected chi connectivity index (χ2v) is 16.9. The predicted octanol–water partition coefficient (Wildman–Crippen LogP) is 11.5. The summed E-state index contributed by atoms with van der Waals surface area (Å²) in [7, 11) is 0. The summed E-state index contributed by atoms with van der Waals surface area (Å²) in [6.07, 6.45) is 43.4. The highest BCUT2D eigenvalue weighted by Crippen LogP contribution is 2.23. The van der Waals surface area contributed by atoms with E-state index >= 15 is 0 Å². The first-order valence-corrected chi connectivity index (χ1v) is 24.6. The topological polar surface area (TPSA) is 135 Å². The number of ether oxygens (including phenoxy) is 4. The van der Waals surface area contributed by atoms with Gasteiger partial charge in [-0.1, -0.05) is 179 Å². The minimum absolute atomic E-state index is 0.115. The number of rotatable bonds is 42. The Morgan fingerprint density at radius 2 is 1.02 bits per heavy atom. The Balaban J connectivity index is 2.13. The van der Waals surface area contributed by atoms with Gasteiger partial charge in [0, 0.05) is 13.0 Å². The lowest BCUT2D eigenvalue weighted by Gasteiger charge is -2.39. The zero-order chi connectivity index (χ0) is 42.9. The van der Waals surface area contributed by atoms with E-state index in [0.717, 1.165) is 64.2 Å². The first-order valence-electron chi connectivity index (χ1n) is 24.6. The first-order chi connectivity index (χ1) is 28.9. The molecule has 1 fully saturated rings. The molecule has 0 aromatic rings. The highest BCUT2D eigenvalue weighted by atomic mass is 16.7. The summed E-state index contributed by atoms with van der Waals surface area (Å²) in [6.45, 7) is 4.49. The molecule has 59 heavy (non-hydrogen) atoms. The van der Waals surface area contributed by atoms with E-state index in [1.807, 2.05) is 0 Å². The number of unbranched alkanes of at least 4 members (excludes halogenated alkanes) is 25. The standard InChI is InChI=1S/C50H92O9/c1-3-5-7-9-11-13-15-16-17-18-19-20-21-22-23-24-25-26-27-28-29-30-32-34-36-38-40-56-42-44(43-57-50-49(55)48(54)47(53)45(41-51)59-50)58-46(52)39-37-35-33-31-14-12-10-8-6-4-2/h8,10,15-16,18-19,44-45,47-51,53-55H,3-7,9,11-14,17,20-43H2,1-2H3/b10-8-,16-15-,19-18-. The summed E-state index contributed by atoms with van der Waals surface area (Å²) in [4.78, 5) is 12.7. The number of hydrogen-bond donors (Lipinski definition) is 4. The molecule has 1 heterocycles. The first kappa shape index (κ1) is 55.4. The highest BCUT2D eigenvalue weighted by molar-refractivity contribution is 5.69. The number of hydrogen-bond acceptors (Lipinski definition) is 9. The molecule has 0 bridgehead atoms. The van der Waals surface area contributed by atoms with Crippen LogP contribution in [0.4, 0.5) is 0 Å². The van der Waals surface area contributed by atoms with Crippen LogP contribution in [0.1, 0.15) is 213 Å². The van der Waals surface area contributed by atoms with Gasteiger partial charge < -0.3 is 39.4 Å². The van der Waals surface area contributed by atoms with Gasteiger partial charge in [0.2, 0.25) is 0 Å². The van der Waals surface area contributed by atoms with Gasteiger partial charge in [0.15, 0.2) is 6.29 Å². The van der Waals surface area contributed by atoms with Crippen molar-refractivity contribution in [3.05, 3.63) is 36.5 Å². The SMILES string of the molecule is CCC/C=C\CCCCCCCC(=O)OC(COCCCCCCCCCCCCCCCC/C=C\C/C=C\CCCCCCC)COC1OC(CO)C(O)C(O)C1O. The van der Waals surface area contributed by atoms with Crippen LogP contribution in [0.5, 0.6) is 0 Å².